The normalized spacial score (nSPS) is 23.9. The molecule has 2 saturated heterocycles. The molecule has 1 aromatic rings. The van der Waals surface area contributed by atoms with Crippen LogP contribution in [0, 0.1) is 0 Å². The predicted molar refractivity (Wildman–Crippen MR) is 76.4 cm³/mol. The fraction of sp³-hybridized carbons (Fsp3) is 0.600. The SMILES string of the molecule is CC[C@H](O)c1ccc(N2CCN3C(=O)CCC3C2)cn1. The molecule has 0 saturated carbocycles. The lowest BCUT2D eigenvalue weighted by Gasteiger charge is -2.38. The number of aliphatic hydroxyl groups excluding tert-OH is 1. The van der Waals surface area contributed by atoms with E-state index in [4.69, 9.17) is 0 Å². The predicted octanol–water partition coefficient (Wildman–Crippen LogP) is 1.34. The standard InChI is InChI=1S/C15H21N3O2/c1-2-14(19)13-5-3-11(9-16-13)17-7-8-18-12(10-17)4-6-15(18)20/h3,5,9,12,14,19H,2,4,6-8,10H2,1H3/t12?,14-/m0/s1. The molecule has 2 atom stereocenters. The van der Waals surface area contributed by atoms with Crippen molar-refractivity contribution in [2.75, 3.05) is 24.5 Å². The van der Waals surface area contributed by atoms with E-state index in [1.807, 2.05) is 30.2 Å². The average molecular weight is 275 g/mol. The molecule has 0 bridgehead atoms. The second-order valence-corrected chi connectivity index (χ2v) is 5.59. The van der Waals surface area contributed by atoms with Crippen LogP contribution in [0.5, 0.6) is 0 Å². The van der Waals surface area contributed by atoms with Crippen LogP contribution in [0.2, 0.25) is 0 Å². The Hall–Kier alpha value is -1.62. The molecule has 2 aliphatic rings. The molecule has 0 spiro atoms. The number of aliphatic hydroxyl groups is 1. The number of nitrogens with zero attached hydrogens (tertiary/aromatic N) is 3. The number of carbonyl (C=O) groups is 1. The van der Waals surface area contributed by atoms with Gasteiger partial charge in [0.25, 0.3) is 0 Å². The topological polar surface area (TPSA) is 56.7 Å². The molecule has 3 heterocycles. The van der Waals surface area contributed by atoms with Gasteiger partial charge < -0.3 is 14.9 Å². The summed E-state index contributed by atoms with van der Waals surface area (Å²) in [5.41, 5.74) is 1.81. The number of fused-ring (bicyclic) bond motifs is 1. The first-order chi connectivity index (χ1) is 9.69. The lowest BCUT2D eigenvalue weighted by Crippen LogP contribution is -2.51. The molecule has 1 aromatic heterocycles. The van der Waals surface area contributed by atoms with Crippen LogP contribution >= 0.6 is 0 Å². The quantitative estimate of drug-likeness (QED) is 0.904. The van der Waals surface area contributed by atoms with Crippen molar-refractivity contribution in [3.63, 3.8) is 0 Å². The molecule has 5 nitrogen and oxygen atoms in total. The van der Waals surface area contributed by atoms with Gasteiger partial charge in [0.2, 0.25) is 5.91 Å². The van der Waals surface area contributed by atoms with Gasteiger partial charge in [-0.15, -0.1) is 0 Å². The minimum Gasteiger partial charge on any atom is -0.387 e. The highest BCUT2D eigenvalue weighted by Crippen LogP contribution is 2.26. The van der Waals surface area contributed by atoms with Crippen molar-refractivity contribution in [1.82, 2.24) is 9.88 Å². The summed E-state index contributed by atoms with van der Waals surface area (Å²) in [7, 11) is 0. The first-order valence-electron chi connectivity index (χ1n) is 7.37. The van der Waals surface area contributed by atoms with Crippen LogP contribution in [0.1, 0.15) is 38.0 Å². The van der Waals surface area contributed by atoms with Gasteiger partial charge in [-0.3, -0.25) is 9.78 Å². The third-order valence-corrected chi connectivity index (χ3v) is 4.36. The van der Waals surface area contributed by atoms with Crippen molar-refractivity contribution in [1.29, 1.82) is 0 Å². The summed E-state index contributed by atoms with van der Waals surface area (Å²) < 4.78 is 0. The number of pyridine rings is 1. The smallest absolute Gasteiger partial charge is 0.223 e. The molecular formula is C15H21N3O2. The number of piperazine rings is 1. The zero-order chi connectivity index (χ0) is 14.1. The summed E-state index contributed by atoms with van der Waals surface area (Å²) in [6.45, 7) is 4.50. The van der Waals surface area contributed by atoms with E-state index in [2.05, 4.69) is 9.88 Å². The van der Waals surface area contributed by atoms with Crippen molar-refractivity contribution >= 4 is 11.6 Å². The fourth-order valence-electron chi connectivity index (χ4n) is 3.09. The number of amides is 1. The number of rotatable bonds is 3. The maximum absolute atomic E-state index is 11.7. The van der Waals surface area contributed by atoms with Gasteiger partial charge in [-0.25, -0.2) is 0 Å². The number of carbonyl (C=O) groups excluding carboxylic acids is 1. The molecule has 3 rings (SSSR count). The van der Waals surface area contributed by atoms with E-state index in [-0.39, 0.29) is 0 Å². The monoisotopic (exact) mass is 275 g/mol. The first-order valence-corrected chi connectivity index (χ1v) is 7.37. The lowest BCUT2D eigenvalue weighted by molar-refractivity contribution is -0.129. The largest absolute Gasteiger partial charge is 0.387 e. The minimum absolute atomic E-state index is 0.300. The maximum atomic E-state index is 11.7. The molecule has 0 radical (unpaired) electrons. The van der Waals surface area contributed by atoms with Crippen LogP contribution in [0.15, 0.2) is 18.3 Å². The van der Waals surface area contributed by atoms with Crippen molar-refractivity contribution in [3.05, 3.63) is 24.0 Å². The van der Waals surface area contributed by atoms with Gasteiger partial charge in [0, 0.05) is 32.1 Å². The van der Waals surface area contributed by atoms with E-state index in [1.165, 1.54) is 0 Å². The number of aromatic nitrogens is 1. The van der Waals surface area contributed by atoms with Gasteiger partial charge >= 0.3 is 0 Å². The van der Waals surface area contributed by atoms with Crippen molar-refractivity contribution < 1.29 is 9.90 Å². The molecule has 2 aliphatic heterocycles. The summed E-state index contributed by atoms with van der Waals surface area (Å²) in [6.07, 6.45) is 3.69. The Morgan fingerprint density at radius 1 is 1.45 bits per heavy atom. The van der Waals surface area contributed by atoms with E-state index in [1.54, 1.807) is 0 Å². The first kappa shape index (κ1) is 13.4. The van der Waals surface area contributed by atoms with Crippen LogP contribution in [0.25, 0.3) is 0 Å². The van der Waals surface area contributed by atoms with Gasteiger partial charge in [-0.1, -0.05) is 6.92 Å². The zero-order valence-electron chi connectivity index (χ0n) is 11.8. The van der Waals surface area contributed by atoms with Gasteiger partial charge in [-0.05, 0) is 25.0 Å². The van der Waals surface area contributed by atoms with Gasteiger partial charge in [0.05, 0.1) is 23.7 Å². The zero-order valence-corrected chi connectivity index (χ0v) is 11.8. The molecule has 5 heteroatoms. The molecule has 0 aromatic carbocycles. The number of hydrogen-bond acceptors (Lipinski definition) is 4. The Bertz CT molecular complexity index is 488. The summed E-state index contributed by atoms with van der Waals surface area (Å²) >= 11 is 0. The number of hydrogen-bond donors (Lipinski definition) is 1. The maximum Gasteiger partial charge on any atom is 0.223 e. The van der Waals surface area contributed by atoms with E-state index >= 15 is 0 Å². The molecule has 1 N–H and O–H groups in total. The highest BCUT2D eigenvalue weighted by Gasteiger charge is 2.35. The highest BCUT2D eigenvalue weighted by atomic mass is 16.3. The van der Waals surface area contributed by atoms with Gasteiger partial charge in [-0.2, -0.15) is 0 Å². The number of anilines is 1. The van der Waals surface area contributed by atoms with E-state index in [0.29, 0.717) is 24.8 Å². The van der Waals surface area contributed by atoms with Crippen molar-refractivity contribution in [3.8, 4) is 0 Å². The van der Waals surface area contributed by atoms with Crippen LogP contribution in [-0.4, -0.2) is 46.6 Å². The Morgan fingerprint density at radius 2 is 2.30 bits per heavy atom. The molecule has 2 fully saturated rings. The molecular weight excluding hydrogens is 254 g/mol. The van der Waals surface area contributed by atoms with E-state index in [0.717, 1.165) is 37.4 Å². The van der Waals surface area contributed by atoms with Crippen LogP contribution in [0.4, 0.5) is 5.69 Å². The molecule has 1 amide bonds. The second-order valence-electron chi connectivity index (χ2n) is 5.59. The summed E-state index contributed by atoms with van der Waals surface area (Å²) in [5, 5.41) is 9.76. The van der Waals surface area contributed by atoms with Crippen molar-refractivity contribution in [2.45, 2.75) is 38.3 Å². The van der Waals surface area contributed by atoms with E-state index in [9.17, 15) is 9.90 Å². The Morgan fingerprint density at radius 3 is 3.00 bits per heavy atom. The third-order valence-electron chi connectivity index (χ3n) is 4.36. The van der Waals surface area contributed by atoms with Crippen molar-refractivity contribution in [2.24, 2.45) is 0 Å². The molecule has 0 aliphatic carbocycles. The second kappa shape index (κ2) is 5.40. The van der Waals surface area contributed by atoms with E-state index < -0.39 is 6.10 Å². The Balaban J connectivity index is 1.69. The minimum atomic E-state index is -0.478. The summed E-state index contributed by atoms with van der Waals surface area (Å²) in [5.74, 6) is 0.300. The molecule has 20 heavy (non-hydrogen) atoms. The molecule has 1 unspecified atom stereocenters. The lowest BCUT2D eigenvalue weighted by atomic mass is 10.1. The Labute approximate surface area is 119 Å². The van der Waals surface area contributed by atoms with Gasteiger partial charge in [0.15, 0.2) is 0 Å². The van der Waals surface area contributed by atoms with Crippen LogP contribution in [0.3, 0.4) is 0 Å². The summed E-state index contributed by atoms with van der Waals surface area (Å²) in [6, 6.07) is 4.28. The Kier molecular flexibility index (Phi) is 3.61. The fourth-order valence-corrected chi connectivity index (χ4v) is 3.09. The third kappa shape index (κ3) is 2.38. The molecule has 108 valence electrons. The summed E-state index contributed by atoms with van der Waals surface area (Å²) in [4.78, 5) is 20.3. The highest BCUT2D eigenvalue weighted by molar-refractivity contribution is 5.79. The van der Waals surface area contributed by atoms with Crippen LogP contribution < -0.4 is 4.90 Å². The van der Waals surface area contributed by atoms with Crippen LogP contribution in [-0.2, 0) is 4.79 Å². The van der Waals surface area contributed by atoms with Gasteiger partial charge in [0.1, 0.15) is 0 Å². The average Bonchev–Trinajstić information content (AvgIpc) is 2.87.